The zero-order chi connectivity index (χ0) is 16.2. The summed E-state index contributed by atoms with van der Waals surface area (Å²) in [5.74, 6) is 0.144. The molecule has 2 aromatic rings. The Morgan fingerprint density at radius 2 is 2.00 bits per heavy atom. The molecule has 1 heterocycles. The Morgan fingerprint density at radius 1 is 1.17 bits per heavy atom. The molecule has 0 spiro atoms. The molecule has 0 bridgehead atoms. The third-order valence-electron chi connectivity index (χ3n) is 3.70. The van der Waals surface area contributed by atoms with Gasteiger partial charge in [-0.25, -0.2) is 0 Å². The van der Waals surface area contributed by atoms with Crippen LogP contribution < -0.4 is 16.4 Å². The van der Waals surface area contributed by atoms with Crippen molar-refractivity contribution in [1.82, 2.24) is 0 Å². The lowest BCUT2D eigenvalue weighted by molar-refractivity contribution is 0.728. The number of anilines is 1. The van der Waals surface area contributed by atoms with Crippen LogP contribution in [0.25, 0.3) is 0 Å². The monoisotopic (exact) mass is 346 g/mol. The first-order valence-corrected chi connectivity index (χ1v) is 8.68. The van der Waals surface area contributed by atoms with Crippen LogP contribution in [0.5, 0.6) is 0 Å². The average molecular weight is 347 g/mol. The number of nitrogens with two attached hydrogens (primary N) is 2. The second-order valence-corrected chi connectivity index (χ2v) is 6.92. The third kappa shape index (κ3) is 3.92. The van der Waals surface area contributed by atoms with Gasteiger partial charge in [-0.3, -0.25) is 4.99 Å². The molecule has 120 valence electrons. The van der Waals surface area contributed by atoms with E-state index in [2.05, 4.69) is 40.2 Å². The van der Waals surface area contributed by atoms with Crippen LogP contribution >= 0.6 is 23.4 Å². The molecule has 2 aromatic carbocycles. The van der Waals surface area contributed by atoms with Gasteiger partial charge >= 0.3 is 0 Å². The zero-order valence-corrected chi connectivity index (χ0v) is 14.3. The number of hydrogen-bond acceptors (Lipinski definition) is 3. The molecule has 0 atom stereocenters. The first kappa shape index (κ1) is 16.0. The van der Waals surface area contributed by atoms with Crippen LogP contribution in [0.4, 0.5) is 5.69 Å². The molecule has 1 aliphatic rings. The lowest BCUT2D eigenvalue weighted by Crippen LogP contribution is -2.26. The van der Waals surface area contributed by atoms with Crippen LogP contribution in [0.3, 0.4) is 0 Å². The summed E-state index contributed by atoms with van der Waals surface area (Å²) in [7, 11) is 0. The summed E-state index contributed by atoms with van der Waals surface area (Å²) in [5.41, 5.74) is 13.3. The topological polar surface area (TPSA) is 67.6 Å². The van der Waals surface area contributed by atoms with Gasteiger partial charge in [-0.05, 0) is 36.2 Å². The van der Waals surface area contributed by atoms with E-state index in [-0.39, 0.29) is 5.96 Å². The minimum Gasteiger partial charge on any atom is -0.370 e. The third-order valence-corrected chi connectivity index (χ3v) is 5.11. The molecule has 0 radical (unpaired) electrons. The average Bonchev–Trinajstić information content (AvgIpc) is 2.68. The number of benzene rings is 2. The first-order chi connectivity index (χ1) is 11.1. The van der Waals surface area contributed by atoms with E-state index in [1.54, 1.807) is 11.8 Å². The summed E-state index contributed by atoms with van der Waals surface area (Å²) in [6.07, 6.45) is 0.886. The van der Waals surface area contributed by atoms with E-state index >= 15 is 0 Å². The summed E-state index contributed by atoms with van der Waals surface area (Å²) in [5, 5.41) is 0.754. The second kappa shape index (κ2) is 7.15. The highest BCUT2D eigenvalue weighted by Gasteiger charge is 2.19. The van der Waals surface area contributed by atoms with Gasteiger partial charge in [0.1, 0.15) is 0 Å². The molecule has 0 unspecified atom stereocenters. The van der Waals surface area contributed by atoms with Crippen molar-refractivity contribution >= 4 is 35.0 Å². The van der Waals surface area contributed by atoms with Crippen molar-refractivity contribution in [2.24, 2.45) is 16.5 Å². The smallest absolute Gasteiger partial charge is 0.185 e. The molecule has 0 aromatic heterocycles. The van der Waals surface area contributed by atoms with E-state index in [1.165, 1.54) is 21.0 Å². The van der Waals surface area contributed by atoms with Crippen LogP contribution in [0, 0.1) is 0 Å². The maximum Gasteiger partial charge on any atom is 0.185 e. The lowest BCUT2D eigenvalue weighted by Gasteiger charge is -2.25. The number of fused-ring (bicyclic) bond motifs is 2. The molecular weight excluding hydrogens is 328 g/mol. The largest absolute Gasteiger partial charge is 0.370 e. The van der Waals surface area contributed by atoms with E-state index in [0.717, 1.165) is 24.5 Å². The molecule has 4 nitrogen and oxygen atoms in total. The van der Waals surface area contributed by atoms with Crippen molar-refractivity contribution in [1.29, 1.82) is 0 Å². The summed E-state index contributed by atoms with van der Waals surface area (Å²) in [4.78, 5) is 8.93. The van der Waals surface area contributed by atoms with Crippen molar-refractivity contribution in [2.45, 2.75) is 22.8 Å². The summed E-state index contributed by atoms with van der Waals surface area (Å²) in [6, 6.07) is 14.6. The molecule has 0 fully saturated rings. The van der Waals surface area contributed by atoms with Crippen LogP contribution in [0.1, 0.15) is 12.0 Å². The minimum atomic E-state index is 0.144. The van der Waals surface area contributed by atoms with Crippen molar-refractivity contribution < 1.29 is 0 Å². The highest BCUT2D eigenvalue weighted by atomic mass is 35.5. The predicted octanol–water partition coefficient (Wildman–Crippen LogP) is 3.47. The Bertz CT molecular complexity index is 728. The van der Waals surface area contributed by atoms with Gasteiger partial charge in [-0.15, -0.1) is 0 Å². The number of guanidine groups is 1. The van der Waals surface area contributed by atoms with Crippen LogP contribution in [-0.4, -0.2) is 19.0 Å². The Labute approximate surface area is 145 Å². The molecule has 0 aliphatic carbocycles. The van der Waals surface area contributed by atoms with Gasteiger partial charge in [0.2, 0.25) is 0 Å². The van der Waals surface area contributed by atoms with Crippen LogP contribution in [-0.2, 0) is 6.54 Å². The Kier molecular flexibility index (Phi) is 4.98. The van der Waals surface area contributed by atoms with Crippen molar-refractivity contribution in [3.8, 4) is 0 Å². The van der Waals surface area contributed by atoms with E-state index in [1.807, 2.05) is 12.1 Å². The fraction of sp³-hybridized carbons (Fsp3) is 0.235. The lowest BCUT2D eigenvalue weighted by atomic mass is 10.2. The van der Waals surface area contributed by atoms with E-state index < -0.39 is 0 Å². The van der Waals surface area contributed by atoms with E-state index in [0.29, 0.717) is 6.54 Å². The highest BCUT2D eigenvalue weighted by Crippen LogP contribution is 2.42. The summed E-state index contributed by atoms with van der Waals surface area (Å²) in [6.45, 7) is 2.36. The fourth-order valence-electron chi connectivity index (χ4n) is 2.64. The summed E-state index contributed by atoms with van der Waals surface area (Å²) >= 11 is 8.01. The van der Waals surface area contributed by atoms with Crippen molar-refractivity contribution in [3.63, 3.8) is 0 Å². The SMILES string of the molecule is NC(N)=NCCCN1Cc2ccccc2Sc2ccc(Cl)cc21. The molecular formula is C17H19ClN4S. The van der Waals surface area contributed by atoms with Gasteiger partial charge in [-0.2, -0.15) is 0 Å². The summed E-state index contributed by atoms with van der Waals surface area (Å²) < 4.78 is 0. The standard InChI is InChI=1S/C17H19ClN4S/c18-13-6-7-16-14(10-13)22(9-3-8-21-17(19)20)11-12-4-1-2-5-15(12)23-16/h1-2,4-7,10H,3,8-9,11H2,(H4,19,20,21). The zero-order valence-electron chi connectivity index (χ0n) is 12.7. The molecule has 3 rings (SSSR count). The normalized spacial score (nSPS) is 13.0. The van der Waals surface area contributed by atoms with Gasteiger partial charge < -0.3 is 16.4 Å². The molecule has 4 N–H and O–H groups in total. The number of hydrogen-bond donors (Lipinski definition) is 2. The van der Waals surface area contributed by atoms with Crippen molar-refractivity contribution in [3.05, 3.63) is 53.1 Å². The van der Waals surface area contributed by atoms with Crippen LogP contribution in [0.15, 0.2) is 57.2 Å². The number of nitrogens with zero attached hydrogens (tertiary/aromatic N) is 2. The van der Waals surface area contributed by atoms with Gasteiger partial charge in [-0.1, -0.05) is 41.6 Å². The molecule has 6 heteroatoms. The quantitative estimate of drug-likeness (QED) is 0.505. The molecule has 0 saturated heterocycles. The van der Waals surface area contributed by atoms with Crippen LogP contribution in [0.2, 0.25) is 5.02 Å². The molecule has 0 amide bonds. The Morgan fingerprint density at radius 3 is 2.83 bits per heavy atom. The van der Waals surface area contributed by atoms with Crippen molar-refractivity contribution in [2.75, 3.05) is 18.0 Å². The minimum absolute atomic E-state index is 0.144. The fourth-order valence-corrected chi connectivity index (χ4v) is 3.88. The molecule has 0 saturated carbocycles. The van der Waals surface area contributed by atoms with Gasteiger partial charge in [0.05, 0.1) is 5.69 Å². The number of halogens is 1. The van der Waals surface area contributed by atoms with Gasteiger partial charge in [0, 0.05) is 34.4 Å². The van der Waals surface area contributed by atoms with E-state index in [4.69, 9.17) is 23.1 Å². The maximum absolute atomic E-state index is 6.22. The van der Waals surface area contributed by atoms with E-state index in [9.17, 15) is 0 Å². The highest BCUT2D eigenvalue weighted by molar-refractivity contribution is 7.99. The maximum atomic E-state index is 6.22. The Hall–Kier alpha value is -1.85. The predicted molar refractivity (Wildman–Crippen MR) is 98.4 cm³/mol. The first-order valence-electron chi connectivity index (χ1n) is 7.49. The Balaban J connectivity index is 1.88. The van der Waals surface area contributed by atoms with Gasteiger partial charge in [0.25, 0.3) is 0 Å². The molecule has 23 heavy (non-hydrogen) atoms. The van der Waals surface area contributed by atoms with Gasteiger partial charge in [0.15, 0.2) is 5.96 Å². The number of aliphatic imine (C=N–C) groups is 1. The second-order valence-electron chi connectivity index (χ2n) is 5.40. The number of rotatable bonds is 4. The molecule has 1 aliphatic heterocycles.